The smallest absolute Gasteiger partial charge is 0.345 e. The molecule has 15 heteroatoms. The Hall–Kier alpha value is -3.45. The fraction of sp³-hybridized carbons (Fsp3) is 0.357. The molecule has 0 aliphatic carbocycles. The van der Waals surface area contributed by atoms with Crippen molar-refractivity contribution in [1.82, 2.24) is 9.29 Å². The second kappa shape index (κ2) is 11.9. The molecule has 9 nitrogen and oxygen atoms in total. The molecule has 3 heterocycles. The quantitative estimate of drug-likeness (QED) is 0.353. The molecule has 0 saturated carbocycles. The number of sulfonamides is 1. The van der Waals surface area contributed by atoms with E-state index in [0.29, 0.717) is 35.6 Å². The number of aromatic nitrogens is 1. The Balaban J connectivity index is 1.32. The average molecular weight is 651 g/mol. The Bertz CT molecular complexity index is 1740. The molecule has 0 N–H and O–H groups in total. The number of anilines is 3. The Kier molecular flexibility index (Phi) is 8.59. The minimum atomic E-state index is -4.74. The molecule has 5 rings (SSSR count). The molecular formula is C28H29F3N6O3S3. The van der Waals surface area contributed by atoms with Crippen molar-refractivity contribution in [2.45, 2.75) is 24.4 Å². The first-order valence-corrected chi connectivity index (χ1v) is 17.2. The first kappa shape index (κ1) is 31.0. The van der Waals surface area contributed by atoms with Crippen LogP contribution in [0.5, 0.6) is 0 Å². The molecule has 1 aromatic heterocycles. The van der Waals surface area contributed by atoms with E-state index in [0.717, 1.165) is 11.3 Å². The summed E-state index contributed by atoms with van der Waals surface area (Å²) in [4.78, 5) is 20.1. The molecule has 0 bridgehead atoms. The van der Waals surface area contributed by atoms with E-state index in [1.54, 1.807) is 34.1 Å². The number of hydrogen-bond donors (Lipinski definition) is 0. The van der Waals surface area contributed by atoms with Gasteiger partial charge in [-0.05, 0) is 60.9 Å². The van der Waals surface area contributed by atoms with Gasteiger partial charge >= 0.3 is 6.18 Å². The SMILES string of the molecule is C/C=S(\C)N(C)c1ccccc1C(=O)N1CCc2cc(S(=O)(=O)N3CCN(c4nc(C(F)(F)F)c(C#N)s4)CC3)ccc21. The van der Waals surface area contributed by atoms with E-state index < -0.39 is 26.8 Å². The van der Waals surface area contributed by atoms with Crippen LogP contribution in [0.4, 0.5) is 29.7 Å². The fourth-order valence-corrected chi connectivity index (χ4v) is 8.31. The number of fused-ring (bicyclic) bond motifs is 1. The van der Waals surface area contributed by atoms with Gasteiger partial charge in [-0.2, -0.15) is 22.7 Å². The molecule has 1 amide bonds. The lowest BCUT2D eigenvalue weighted by Crippen LogP contribution is -2.48. The van der Waals surface area contributed by atoms with Crippen LogP contribution in [-0.2, 0) is 22.6 Å². The minimum absolute atomic E-state index is 0.0405. The second-order valence-electron chi connectivity index (χ2n) is 9.95. The Labute approximate surface area is 254 Å². The number of hydrogen-bond acceptors (Lipinski definition) is 8. The van der Waals surface area contributed by atoms with Gasteiger partial charge in [0.05, 0.1) is 16.1 Å². The van der Waals surface area contributed by atoms with Crippen LogP contribution in [0.15, 0.2) is 47.4 Å². The molecule has 0 radical (unpaired) electrons. The van der Waals surface area contributed by atoms with Crippen molar-refractivity contribution in [2.75, 3.05) is 60.1 Å². The fourth-order valence-electron chi connectivity index (χ4n) is 5.12. The monoisotopic (exact) mass is 650 g/mol. The number of carbonyl (C=O) groups is 1. The summed E-state index contributed by atoms with van der Waals surface area (Å²) in [6, 6.07) is 13.7. The Morgan fingerprint density at radius 1 is 1.14 bits per heavy atom. The minimum Gasteiger partial charge on any atom is -0.345 e. The number of nitrogens with zero attached hydrogens (tertiary/aromatic N) is 6. The summed E-state index contributed by atoms with van der Waals surface area (Å²) in [7, 11) is -2.12. The van der Waals surface area contributed by atoms with Crippen LogP contribution in [0.2, 0.25) is 0 Å². The summed E-state index contributed by atoms with van der Waals surface area (Å²) < 4.78 is 70.1. The van der Waals surface area contributed by atoms with Gasteiger partial charge in [-0.15, -0.1) is 10.7 Å². The highest BCUT2D eigenvalue weighted by molar-refractivity contribution is 8.15. The number of benzene rings is 2. The van der Waals surface area contributed by atoms with E-state index >= 15 is 0 Å². The van der Waals surface area contributed by atoms with Crippen molar-refractivity contribution in [1.29, 1.82) is 5.26 Å². The maximum absolute atomic E-state index is 13.7. The van der Waals surface area contributed by atoms with Gasteiger partial charge in [0.25, 0.3) is 5.91 Å². The lowest BCUT2D eigenvalue weighted by molar-refractivity contribution is -0.140. The van der Waals surface area contributed by atoms with Gasteiger partial charge in [-0.25, -0.2) is 13.4 Å². The topological polar surface area (TPSA) is 101 Å². The van der Waals surface area contributed by atoms with Crippen molar-refractivity contribution in [2.24, 2.45) is 0 Å². The standard InChI is InChI=1S/C28H29F3N6O3S3/c1-4-42(3)34(2)23-8-6-5-7-21(23)26(38)37-12-11-19-17-20(9-10-22(19)37)43(39,40)36-15-13-35(14-16-36)27-33-25(28(29,30)31)24(18-32)41-27/h4-10,17H,11-16H2,1-3H3. The summed E-state index contributed by atoms with van der Waals surface area (Å²) in [5, 5.41) is 11.2. The van der Waals surface area contributed by atoms with Crippen LogP contribution in [0.3, 0.4) is 0 Å². The van der Waals surface area contributed by atoms with E-state index in [1.807, 2.05) is 32.2 Å². The van der Waals surface area contributed by atoms with Crippen LogP contribution in [-0.4, -0.2) is 75.0 Å². The molecule has 2 aliphatic rings. The largest absolute Gasteiger partial charge is 0.435 e. The maximum atomic E-state index is 13.7. The zero-order valence-corrected chi connectivity index (χ0v) is 26.1. The molecule has 1 atom stereocenters. The summed E-state index contributed by atoms with van der Waals surface area (Å²) in [5.74, 6) is -0.156. The van der Waals surface area contributed by atoms with Crippen molar-refractivity contribution < 1.29 is 26.4 Å². The molecule has 1 saturated heterocycles. The average Bonchev–Trinajstić information content (AvgIpc) is 3.64. The third-order valence-electron chi connectivity index (χ3n) is 7.57. The highest BCUT2D eigenvalue weighted by Crippen LogP contribution is 2.38. The Morgan fingerprint density at radius 2 is 1.84 bits per heavy atom. The van der Waals surface area contributed by atoms with Crippen LogP contribution in [0.25, 0.3) is 0 Å². The lowest BCUT2D eigenvalue weighted by atomic mass is 10.1. The van der Waals surface area contributed by atoms with Crippen molar-refractivity contribution in [3.8, 4) is 6.07 Å². The molecule has 1 unspecified atom stereocenters. The molecule has 2 aliphatic heterocycles. The van der Waals surface area contributed by atoms with Gasteiger partial charge in [-0.1, -0.05) is 23.5 Å². The molecule has 228 valence electrons. The number of carbonyl (C=O) groups excluding carboxylic acids is 1. The normalized spacial score (nSPS) is 16.7. The predicted molar refractivity (Wildman–Crippen MR) is 165 cm³/mol. The van der Waals surface area contributed by atoms with Gasteiger partial charge in [0.1, 0.15) is 10.9 Å². The molecule has 0 spiro atoms. The molecule has 1 fully saturated rings. The zero-order chi connectivity index (χ0) is 31.1. The summed E-state index contributed by atoms with van der Waals surface area (Å²) in [6.45, 7) is 2.75. The van der Waals surface area contributed by atoms with Crippen LogP contribution >= 0.6 is 22.0 Å². The van der Waals surface area contributed by atoms with E-state index in [-0.39, 0.29) is 52.8 Å². The Morgan fingerprint density at radius 3 is 2.47 bits per heavy atom. The van der Waals surface area contributed by atoms with Crippen LogP contribution in [0.1, 0.15) is 33.4 Å². The van der Waals surface area contributed by atoms with Crippen molar-refractivity contribution in [3.63, 3.8) is 0 Å². The summed E-state index contributed by atoms with van der Waals surface area (Å²) in [6.07, 6.45) is -2.17. The van der Waals surface area contributed by atoms with Gasteiger partial charge in [-0.3, -0.25) is 4.79 Å². The number of rotatable bonds is 6. The molecular weight excluding hydrogens is 622 g/mol. The van der Waals surface area contributed by atoms with Crippen LogP contribution in [0, 0.1) is 11.3 Å². The van der Waals surface area contributed by atoms with Gasteiger partial charge in [0.15, 0.2) is 10.8 Å². The number of para-hydroxylation sites is 1. The number of alkyl halides is 3. The van der Waals surface area contributed by atoms with E-state index in [9.17, 15) is 26.4 Å². The summed E-state index contributed by atoms with van der Waals surface area (Å²) in [5.41, 5.74) is 1.59. The molecule has 3 aromatic rings. The second-order valence-corrected chi connectivity index (χ2v) is 14.9. The molecule has 43 heavy (non-hydrogen) atoms. The lowest BCUT2D eigenvalue weighted by Gasteiger charge is -2.33. The van der Waals surface area contributed by atoms with Gasteiger partial charge in [0.2, 0.25) is 10.0 Å². The number of nitriles is 1. The molecule has 2 aromatic carbocycles. The van der Waals surface area contributed by atoms with Gasteiger partial charge < -0.3 is 14.1 Å². The maximum Gasteiger partial charge on any atom is 0.435 e. The van der Waals surface area contributed by atoms with Crippen molar-refractivity contribution in [3.05, 3.63) is 64.2 Å². The highest BCUT2D eigenvalue weighted by Gasteiger charge is 2.39. The highest BCUT2D eigenvalue weighted by atomic mass is 32.2. The third-order valence-corrected chi connectivity index (χ3v) is 12.2. The van der Waals surface area contributed by atoms with Crippen molar-refractivity contribution >= 4 is 59.8 Å². The first-order valence-electron chi connectivity index (χ1n) is 13.3. The first-order chi connectivity index (χ1) is 20.4. The summed E-state index contributed by atoms with van der Waals surface area (Å²) >= 11 is 0.647. The van der Waals surface area contributed by atoms with E-state index in [1.165, 1.54) is 10.4 Å². The van der Waals surface area contributed by atoms with Crippen LogP contribution < -0.4 is 14.1 Å². The number of thiazole rings is 1. The van der Waals surface area contributed by atoms with Gasteiger partial charge in [0, 0.05) is 45.5 Å². The van der Waals surface area contributed by atoms with E-state index in [4.69, 9.17) is 5.26 Å². The van der Waals surface area contributed by atoms with E-state index in [2.05, 4.69) is 20.9 Å². The predicted octanol–water partition coefficient (Wildman–Crippen LogP) is 4.82. The zero-order valence-electron chi connectivity index (χ0n) is 23.6. The number of amides is 1. The number of halogens is 3. The number of piperazine rings is 1. The third kappa shape index (κ3) is 5.88.